The molecule has 1 unspecified atom stereocenters. The molecule has 5 N–H and O–H groups in total. The average molecular weight is 500 g/mol. The van der Waals surface area contributed by atoms with E-state index in [0.717, 1.165) is 35.7 Å². The van der Waals surface area contributed by atoms with Gasteiger partial charge < -0.3 is 26.4 Å². The summed E-state index contributed by atoms with van der Waals surface area (Å²) in [6.45, 7) is 2.50. The molecule has 8 heteroatoms. The topological polar surface area (TPSA) is 115 Å². The van der Waals surface area contributed by atoms with Crippen molar-refractivity contribution in [2.75, 3.05) is 19.6 Å². The maximum atomic E-state index is 13.6. The second-order valence-electron chi connectivity index (χ2n) is 8.93. The van der Waals surface area contributed by atoms with Gasteiger partial charge in [0.15, 0.2) is 5.96 Å². The molecule has 1 atom stereocenters. The number of nitrogens with one attached hydrogen (secondary N) is 4. The van der Waals surface area contributed by atoms with E-state index in [1.54, 1.807) is 24.3 Å². The predicted octanol–water partition coefficient (Wildman–Crippen LogP) is 2.65. The van der Waals surface area contributed by atoms with Crippen LogP contribution in [-0.4, -0.2) is 48.6 Å². The van der Waals surface area contributed by atoms with Crippen molar-refractivity contribution in [3.05, 3.63) is 102 Å². The quantitative estimate of drug-likeness (QED) is 0.260. The van der Waals surface area contributed by atoms with Gasteiger partial charge in [-0.25, -0.2) is 0 Å². The van der Waals surface area contributed by atoms with Gasteiger partial charge in [-0.05, 0) is 41.7 Å². The number of rotatable bonds is 11. The molecule has 0 saturated carbocycles. The number of aliphatic imine (C=N–C) groups is 1. The zero-order valence-electron chi connectivity index (χ0n) is 20.7. The first-order valence-corrected chi connectivity index (χ1v) is 12.6. The fourth-order valence-corrected chi connectivity index (χ4v) is 4.27. The van der Waals surface area contributed by atoms with E-state index in [2.05, 4.69) is 26.3 Å². The van der Waals surface area contributed by atoms with Crippen molar-refractivity contribution in [1.29, 1.82) is 0 Å². The number of phenolic OH excluding ortho intramolecular Hbond substituents is 1. The maximum Gasteiger partial charge on any atom is 0.242 e. The largest absolute Gasteiger partial charge is 0.508 e. The number of carbonyl (C=O) groups is 2. The standard InChI is InChI=1S/C29H33N5O3/c35-24-15-13-21(14-16-24)20-33-27(36)25(12-7-17-30-29-31-18-19-32-29)34-28(37)26(22-8-3-1-4-9-22)23-10-5-2-6-11-23/h1-6,8-11,13-16,25-26,35H,7,12,17-20H2,(H,33,36)(H,34,37)(H2,30,31,32). The first-order chi connectivity index (χ1) is 18.1. The number of aromatic hydroxyl groups is 1. The molecule has 2 amide bonds. The SMILES string of the molecule is O=C(NCc1ccc(O)cc1)C(CCCNC1=NCCN1)NC(=O)C(c1ccccc1)c1ccccc1. The van der Waals surface area contributed by atoms with Crippen LogP contribution in [0.4, 0.5) is 0 Å². The number of phenols is 1. The summed E-state index contributed by atoms with van der Waals surface area (Å²) >= 11 is 0. The second-order valence-corrected chi connectivity index (χ2v) is 8.93. The molecule has 3 aromatic rings. The number of hydrogen-bond acceptors (Lipinski definition) is 6. The Hall–Kier alpha value is -4.33. The van der Waals surface area contributed by atoms with Gasteiger partial charge in [-0.2, -0.15) is 0 Å². The summed E-state index contributed by atoms with van der Waals surface area (Å²) in [4.78, 5) is 31.2. The molecule has 0 fully saturated rings. The van der Waals surface area contributed by atoms with Crippen LogP contribution in [0.3, 0.4) is 0 Å². The molecule has 192 valence electrons. The molecular formula is C29H33N5O3. The van der Waals surface area contributed by atoms with Crippen molar-refractivity contribution in [2.45, 2.75) is 31.3 Å². The van der Waals surface area contributed by atoms with Crippen LogP contribution in [0.15, 0.2) is 89.9 Å². The third-order valence-corrected chi connectivity index (χ3v) is 6.20. The van der Waals surface area contributed by atoms with E-state index in [0.29, 0.717) is 25.9 Å². The molecule has 0 aliphatic carbocycles. The second kappa shape index (κ2) is 13.1. The molecule has 37 heavy (non-hydrogen) atoms. The van der Waals surface area contributed by atoms with Crippen LogP contribution < -0.4 is 21.3 Å². The molecule has 1 aliphatic heterocycles. The number of amides is 2. The Kier molecular flexibility index (Phi) is 9.12. The van der Waals surface area contributed by atoms with Crippen molar-refractivity contribution >= 4 is 17.8 Å². The molecule has 8 nitrogen and oxygen atoms in total. The molecule has 0 aromatic heterocycles. The lowest BCUT2D eigenvalue weighted by Gasteiger charge is -2.23. The Morgan fingerprint density at radius 3 is 2.14 bits per heavy atom. The highest BCUT2D eigenvalue weighted by Gasteiger charge is 2.27. The van der Waals surface area contributed by atoms with Gasteiger partial charge in [0.1, 0.15) is 11.8 Å². The smallest absolute Gasteiger partial charge is 0.242 e. The van der Waals surface area contributed by atoms with E-state index < -0.39 is 12.0 Å². The summed E-state index contributed by atoms with van der Waals surface area (Å²) < 4.78 is 0. The Morgan fingerprint density at radius 2 is 1.54 bits per heavy atom. The monoisotopic (exact) mass is 499 g/mol. The molecule has 0 radical (unpaired) electrons. The third kappa shape index (κ3) is 7.57. The van der Waals surface area contributed by atoms with Crippen molar-refractivity contribution < 1.29 is 14.7 Å². The Balaban J connectivity index is 1.46. The van der Waals surface area contributed by atoms with Crippen molar-refractivity contribution in [3.8, 4) is 5.75 Å². The number of benzene rings is 3. The van der Waals surface area contributed by atoms with Crippen molar-refractivity contribution in [1.82, 2.24) is 21.3 Å². The molecule has 1 heterocycles. The van der Waals surface area contributed by atoms with Gasteiger partial charge in [0.25, 0.3) is 0 Å². The summed E-state index contributed by atoms with van der Waals surface area (Å²) in [5.41, 5.74) is 2.58. The van der Waals surface area contributed by atoms with Gasteiger partial charge in [0.05, 0.1) is 12.5 Å². The minimum atomic E-state index is -0.709. The highest BCUT2D eigenvalue weighted by Crippen LogP contribution is 2.25. The highest BCUT2D eigenvalue weighted by atomic mass is 16.3. The summed E-state index contributed by atoms with van der Waals surface area (Å²) in [6, 6.07) is 25.1. The summed E-state index contributed by atoms with van der Waals surface area (Å²) in [5, 5.41) is 21.9. The van der Waals surface area contributed by atoms with E-state index in [1.165, 1.54) is 0 Å². The van der Waals surface area contributed by atoms with Gasteiger partial charge in [-0.1, -0.05) is 72.8 Å². The predicted molar refractivity (Wildman–Crippen MR) is 144 cm³/mol. The van der Waals surface area contributed by atoms with Crippen LogP contribution in [0.1, 0.15) is 35.4 Å². The van der Waals surface area contributed by atoms with Gasteiger partial charge in [-0.15, -0.1) is 0 Å². The minimum Gasteiger partial charge on any atom is -0.508 e. The molecule has 0 saturated heterocycles. The van der Waals surface area contributed by atoms with Crippen LogP contribution in [0.25, 0.3) is 0 Å². The van der Waals surface area contributed by atoms with E-state index in [9.17, 15) is 14.7 Å². The van der Waals surface area contributed by atoms with Crippen molar-refractivity contribution in [2.24, 2.45) is 4.99 Å². The highest BCUT2D eigenvalue weighted by molar-refractivity contribution is 5.92. The fourth-order valence-electron chi connectivity index (χ4n) is 4.27. The molecule has 0 spiro atoms. The Bertz CT molecular complexity index is 1140. The summed E-state index contributed by atoms with van der Waals surface area (Å²) in [5.74, 6) is -0.0768. The summed E-state index contributed by atoms with van der Waals surface area (Å²) in [6.07, 6.45) is 1.13. The fraction of sp³-hybridized carbons (Fsp3) is 0.276. The minimum absolute atomic E-state index is 0.168. The van der Waals surface area contributed by atoms with Crippen LogP contribution in [0.2, 0.25) is 0 Å². The molecule has 4 rings (SSSR count). The van der Waals surface area contributed by atoms with Crippen LogP contribution in [0, 0.1) is 0 Å². The van der Waals surface area contributed by atoms with Crippen LogP contribution >= 0.6 is 0 Å². The zero-order chi connectivity index (χ0) is 25.9. The normalized spacial score (nSPS) is 13.4. The Morgan fingerprint density at radius 1 is 0.892 bits per heavy atom. The van der Waals surface area contributed by atoms with Crippen LogP contribution in [0.5, 0.6) is 5.75 Å². The van der Waals surface area contributed by atoms with Gasteiger partial charge >= 0.3 is 0 Å². The third-order valence-electron chi connectivity index (χ3n) is 6.20. The van der Waals surface area contributed by atoms with E-state index in [4.69, 9.17) is 0 Å². The summed E-state index contributed by atoms with van der Waals surface area (Å²) in [7, 11) is 0. The van der Waals surface area contributed by atoms with E-state index in [1.807, 2.05) is 60.7 Å². The van der Waals surface area contributed by atoms with Gasteiger partial charge in [-0.3, -0.25) is 14.6 Å². The number of carbonyl (C=O) groups excluding carboxylic acids is 2. The Labute approximate surface area is 217 Å². The number of nitrogens with zero attached hydrogens (tertiary/aromatic N) is 1. The van der Waals surface area contributed by atoms with E-state index >= 15 is 0 Å². The van der Waals surface area contributed by atoms with Crippen molar-refractivity contribution in [3.63, 3.8) is 0 Å². The first kappa shape index (κ1) is 25.8. The zero-order valence-corrected chi connectivity index (χ0v) is 20.7. The van der Waals surface area contributed by atoms with Crippen LogP contribution in [-0.2, 0) is 16.1 Å². The number of guanidine groups is 1. The maximum absolute atomic E-state index is 13.6. The lowest BCUT2D eigenvalue weighted by Crippen LogP contribution is -2.48. The lowest BCUT2D eigenvalue weighted by molar-refractivity contribution is -0.129. The molecular weight excluding hydrogens is 466 g/mol. The lowest BCUT2D eigenvalue weighted by atomic mass is 9.90. The average Bonchev–Trinajstić information content (AvgIpc) is 3.45. The van der Waals surface area contributed by atoms with E-state index in [-0.39, 0.29) is 17.6 Å². The molecule has 1 aliphatic rings. The first-order valence-electron chi connectivity index (χ1n) is 12.6. The van der Waals surface area contributed by atoms with Gasteiger partial charge in [0.2, 0.25) is 11.8 Å². The number of hydrogen-bond donors (Lipinski definition) is 5. The molecule has 0 bridgehead atoms. The molecule has 3 aromatic carbocycles. The van der Waals surface area contributed by atoms with Gasteiger partial charge in [0, 0.05) is 19.6 Å².